The molecular formula is C23H27N3O2. The van der Waals surface area contributed by atoms with Crippen molar-refractivity contribution in [1.29, 1.82) is 5.41 Å². The zero-order valence-corrected chi connectivity index (χ0v) is 16.3. The SMILES string of the molecule is CC(=O)N1CCC(NC2CCOCC2)=C(C(=N)c2cccc3ccccc23)C1. The Kier molecular flexibility index (Phi) is 5.44. The summed E-state index contributed by atoms with van der Waals surface area (Å²) in [5.41, 5.74) is 3.48. The van der Waals surface area contributed by atoms with Crippen LogP contribution in [0.15, 0.2) is 53.7 Å². The lowest BCUT2D eigenvalue weighted by atomic mass is 9.92. The van der Waals surface area contributed by atoms with Gasteiger partial charge >= 0.3 is 0 Å². The van der Waals surface area contributed by atoms with Crippen molar-refractivity contribution >= 4 is 22.4 Å². The summed E-state index contributed by atoms with van der Waals surface area (Å²) in [6, 6.07) is 14.6. The van der Waals surface area contributed by atoms with Crippen molar-refractivity contribution in [3.05, 3.63) is 59.3 Å². The first-order chi connectivity index (χ1) is 13.6. The van der Waals surface area contributed by atoms with Gasteiger partial charge in [0.25, 0.3) is 0 Å². The summed E-state index contributed by atoms with van der Waals surface area (Å²) >= 11 is 0. The molecule has 5 nitrogen and oxygen atoms in total. The quantitative estimate of drug-likeness (QED) is 0.802. The molecule has 1 saturated heterocycles. The van der Waals surface area contributed by atoms with Crippen LogP contribution in [0.2, 0.25) is 0 Å². The third-order valence-electron chi connectivity index (χ3n) is 5.75. The lowest BCUT2D eigenvalue weighted by Crippen LogP contribution is -2.43. The third kappa shape index (κ3) is 3.80. The van der Waals surface area contributed by atoms with E-state index in [2.05, 4.69) is 23.5 Å². The van der Waals surface area contributed by atoms with Crippen LogP contribution in [0.3, 0.4) is 0 Å². The molecule has 0 saturated carbocycles. The van der Waals surface area contributed by atoms with Gasteiger partial charge in [-0.05, 0) is 23.6 Å². The molecule has 2 aliphatic heterocycles. The maximum Gasteiger partial charge on any atom is 0.219 e. The Labute approximate surface area is 165 Å². The first-order valence-corrected chi connectivity index (χ1v) is 10.0. The fourth-order valence-corrected chi connectivity index (χ4v) is 4.12. The molecule has 0 atom stereocenters. The van der Waals surface area contributed by atoms with Crippen LogP contribution in [0.1, 0.15) is 31.7 Å². The highest BCUT2D eigenvalue weighted by molar-refractivity contribution is 6.18. The van der Waals surface area contributed by atoms with Gasteiger partial charge in [-0.1, -0.05) is 42.5 Å². The van der Waals surface area contributed by atoms with Crippen molar-refractivity contribution in [1.82, 2.24) is 10.2 Å². The Balaban J connectivity index is 1.71. The molecule has 0 unspecified atom stereocenters. The number of hydrogen-bond donors (Lipinski definition) is 2. The van der Waals surface area contributed by atoms with Gasteiger partial charge in [0.05, 0.1) is 5.71 Å². The van der Waals surface area contributed by atoms with Crippen LogP contribution in [0, 0.1) is 5.41 Å². The lowest BCUT2D eigenvalue weighted by molar-refractivity contribution is -0.128. The van der Waals surface area contributed by atoms with Crippen LogP contribution >= 0.6 is 0 Å². The second-order valence-corrected chi connectivity index (χ2v) is 7.58. The summed E-state index contributed by atoms with van der Waals surface area (Å²) < 4.78 is 5.48. The number of amides is 1. The standard InChI is InChI=1S/C23H27N3O2/c1-16(27)26-12-9-22(25-18-10-13-28-14-11-18)21(15-26)23(24)20-8-4-6-17-5-2-3-7-19(17)20/h2-8,18,24-25H,9-15H2,1H3. The first-order valence-electron chi connectivity index (χ1n) is 10.0. The minimum atomic E-state index is 0.0633. The second-order valence-electron chi connectivity index (χ2n) is 7.58. The van der Waals surface area contributed by atoms with Crippen LogP contribution in [-0.4, -0.2) is 48.9 Å². The Hall–Kier alpha value is -2.66. The average Bonchev–Trinajstić information content (AvgIpc) is 2.73. The molecule has 2 heterocycles. The van der Waals surface area contributed by atoms with Crippen LogP contribution in [-0.2, 0) is 9.53 Å². The van der Waals surface area contributed by atoms with Gasteiger partial charge in [-0.3, -0.25) is 10.2 Å². The van der Waals surface area contributed by atoms with E-state index in [4.69, 9.17) is 10.1 Å². The molecule has 0 aliphatic carbocycles. The Morgan fingerprint density at radius 1 is 1.14 bits per heavy atom. The van der Waals surface area contributed by atoms with E-state index in [-0.39, 0.29) is 5.91 Å². The highest BCUT2D eigenvalue weighted by Gasteiger charge is 2.26. The smallest absolute Gasteiger partial charge is 0.219 e. The predicted molar refractivity (Wildman–Crippen MR) is 112 cm³/mol. The van der Waals surface area contributed by atoms with E-state index < -0.39 is 0 Å². The van der Waals surface area contributed by atoms with E-state index in [0.717, 1.165) is 60.1 Å². The molecule has 28 heavy (non-hydrogen) atoms. The van der Waals surface area contributed by atoms with Crippen LogP contribution in [0.25, 0.3) is 10.8 Å². The summed E-state index contributed by atoms with van der Waals surface area (Å²) in [7, 11) is 0. The normalized spacial score (nSPS) is 18.4. The summed E-state index contributed by atoms with van der Waals surface area (Å²) in [4.78, 5) is 13.8. The number of nitrogens with zero attached hydrogens (tertiary/aromatic N) is 1. The van der Waals surface area contributed by atoms with E-state index in [1.54, 1.807) is 6.92 Å². The predicted octanol–water partition coefficient (Wildman–Crippen LogP) is 3.48. The number of hydrogen-bond acceptors (Lipinski definition) is 4. The Bertz CT molecular complexity index is 923. The van der Waals surface area contributed by atoms with E-state index in [1.807, 2.05) is 29.2 Å². The fourth-order valence-electron chi connectivity index (χ4n) is 4.12. The summed E-state index contributed by atoms with van der Waals surface area (Å²) in [5.74, 6) is 0.0633. The van der Waals surface area contributed by atoms with Crippen molar-refractivity contribution in [2.75, 3.05) is 26.3 Å². The number of ether oxygens (including phenoxy) is 1. The average molecular weight is 377 g/mol. The molecular weight excluding hydrogens is 350 g/mol. The Morgan fingerprint density at radius 2 is 1.89 bits per heavy atom. The summed E-state index contributed by atoms with van der Waals surface area (Å²) in [6.07, 6.45) is 2.73. The molecule has 1 fully saturated rings. The van der Waals surface area contributed by atoms with Gasteiger partial charge in [0.2, 0.25) is 5.91 Å². The van der Waals surface area contributed by atoms with Crippen molar-refractivity contribution in [3.63, 3.8) is 0 Å². The maximum absolute atomic E-state index is 12.0. The lowest BCUT2D eigenvalue weighted by Gasteiger charge is -2.34. The highest BCUT2D eigenvalue weighted by atomic mass is 16.5. The molecule has 0 bridgehead atoms. The van der Waals surface area contributed by atoms with Crippen molar-refractivity contribution in [2.24, 2.45) is 0 Å². The Morgan fingerprint density at radius 3 is 2.68 bits per heavy atom. The van der Waals surface area contributed by atoms with E-state index in [9.17, 15) is 4.79 Å². The highest BCUT2D eigenvalue weighted by Crippen LogP contribution is 2.26. The molecule has 2 aromatic rings. The zero-order valence-electron chi connectivity index (χ0n) is 16.3. The van der Waals surface area contributed by atoms with Gasteiger partial charge in [-0.25, -0.2) is 0 Å². The van der Waals surface area contributed by atoms with Gasteiger partial charge in [-0.15, -0.1) is 0 Å². The molecule has 1 amide bonds. The number of benzene rings is 2. The number of fused-ring (bicyclic) bond motifs is 1. The molecule has 4 rings (SSSR count). The molecule has 0 radical (unpaired) electrons. The van der Waals surface area contributed by atoms with Crippen LogP contribution < -0.4 is 5.32 Å². The van der Waals surface area contributed by atoms with Crippen LogP contribution in [0.4, 0.5) is 0 Å². The van der Waals surface area contributed by atoms with Gasteiger partial charge in [0, 0.05) is 62.5 Å². The first kappa shape index (κ1) is 18.7. The van der Waals surface area contributed by atoms with E-state index in [0.29, 0.717) is 24.8 Å². The van der Waals surface area contributed by atoms with Gasteiger partial charge < -0.3 is 15.0 Å². The van der Waals surface area contributed by atoms with Gasteiger partial charge in [0.15, 0.2) is 0 Å². The second kappa shape index (κ2) is 8.15. The largest absolute Gasteiger partial charge is 0.385 e. The minimum Gasteiger partial charge on any atom is -0.385 e. The molecule has 2 aromatic carbocycles. The minimum absolute atomic E-state index is 0.0633. The zero-order chi connectivity index (χ0) is 19.5. The monoisotopic (exact) mass is 377 g/mol. The molecule has 2 N–H and O–H groups in total. The topological polar surface area (TPSA) is 65.4 Å². The summed E-state index contributed by atoms with van der Waals surface area (Å²) in [6.45, 7) is 4.35. The van der Waals surface area contributed by atoms with Crippen molar-refractivity contribution in [2.45, 2.75) is 32.2 Å². The maximum atomic E-state index is 12.0. The van der Waals surface area contributed by atoms with Crippen molar-refractivity contribution in [3.8, 4) is 0 Å². The van der Waals surface area contributed by atoms with Crippen molar-refractivity contribution < 1.29 is 9.53 Å². The third-order valence-corrected chi connectivity index (χ3v) is 5.75. The fraction of sp³-hybridized carbons (Fsp3) is 0.391. The summed E-state index contributed by atoms with van der Waals surface area (Å²) in [5, 5.41) is 14.9. The van der Waals surface area contributed by atoms with E-state index in [1.165, 1.54) is 0 Å². The molecule has 5 heteroatoms. The van der Waals surface area contributed by atoms with Crippen LogP contribution in [0.5, 0.6) is 0 Å². The van der Waals surface area contributed by atoms with Gasteiger partial charge in [-0.2, -0.15) is 0 Å². The number of rotatable bonds is 4. The number of carbonyl (C=O) groups is 1. The molecule has 146 valence electrons. The number of nitrogens with one attached hydrogen (secondary N) is 2. The van der Waals surface area contributed by atoms with Gasteiger partial charge in [0.1, 0.15) is 0 Å². The molecule has 0 spiro atoms. The molecule has 2 aliphatic rings. The van der Waals surface area contributed by atoms with E-state index >= 15 is 0 Å². The number of carbonyl (C=O) groups excluding carboxylic acids is 1. The molecule has 0 aromatic heterocycles.